The number of ether oxygens (including phenoxy) is 1. The van der Waals surface area contributed by atoms with Crippen LogP contribution in [0.25, 0.3) is 0 Å². The van der Waals surface area contributed by atoms with Crippen LogP contribution in [0, 0.1) is 5.92 Å². The van der Waals surface area contributed by atoms with Crippen molar-refractivity contribution in [2.75, 3.05) is 20.3 Å². The van der Waals surface area contributed by atoms with Gasteiger partial charge in [-0.25, -0.2) is 0 Å². The lowest BCUT2D eigenvalue weighted by Gasteiger charge is -2.16. The van der Waals surface area contributed by atoms with Crippen LogP contribution in [0.3, 0.4) is 0 Å². The minimum atomic E-state index is 0.0929. The van der Waals surface area contributed by atoms with Gasteiger partial charge < -0.3 is 20.3 Å². The summed E-state index contributed by atoms with van der Waals surface area (Å²) >= 11 is 0. The minimum Gasteiger partial charge on any atom is -0.507 e. The van der Waals surface area contributed by atoms with Crippen LogP contribution in [-0.4, -0.2) is 30.5 Å². The monoisotopic (exact) mass is 267 g/mol. The van der Waals surface area contributed by atoms with Gasteiger partial charge in [-0.15, -0.1) is 0 Å². The fourth-order valence-electron chi connectivity index (χ4n) is 1.99. The third kappa shape index (κ3) is 5.09. The van der Waals surface area contributed by atoms with E-state index in [0.29, 0.717) is 11.7 Å². The highest BCUT2D eigenvalue weighted by atomic mass is 16.5. The summed E-state index contributed by atoms with van der Waals surface area (Å²) in [6.45, 7) is 5.18. The summed E-state index contributed by atoms with van der Waals surface area (Å²) in [6.07, 6.45) is 2.02. The Morgan fingerprint density at radius 2 is 2.05 bits per heavy atom. The Balaban J connectivity index is 2.43. The van der Waals surface area contributed by atoms with Gasteiger partial charge in [0, 0.05) is 24.3 Å². The molecule has 0 aliphatic rings. The third-order valence-electron chi connectivity index (χ3n) is 3.34. The summed E-state index contributed by atoms with van der Waals surface area (Å²) in [5.41, 5.74) is 0.871. The molecular weight excluding hydrogens is 242 g/mol. The lowest BCUT2D eigenvalue weighted by atomic mass is 10.1. The topological polar surface area (TPSA) is 61.7 Å². The normalized spacial score (nSPS) is 14.1. The first-order chi connectivity index (χ1) is 9.08. The van der Waals surface area contributed by atoms with E-state index < -0.39 is 0 Å². The molecule has 2 unspecified atom stereocenters. The zero-order valence-electron chi connectivity index (χ0n) is 12.0. The first kappa shape index (κ1) is 15.8. The molecule has 0 heterocycles. The fraction of sp³-hybridized carbons (Fsp3) is 0.600. The number of aliphatic hydroxyl groups excluding tert-OH is 1. The molecule has 0 aliphatic carbocycles. The maximum atomic E-state index is 9.92. The van der Waals surface area contributed by atoms with E-state index in [1.54, 1.807) is 13.2 Å². The van der Waals surface area contributed by atoms with Crippen molar-refractivity contribution in [3.05, 3.63) is 23.8 Å². The Hall–Kier alpha value is -1.26. The molecule has 3 N–H and O–H groups in total. The summed E-state index contributed by atoms with van der Waals surface area (Å²) in [7, 11) is 1.58. The number of aliphatic hydroxyl groups is 1. The Bertz CT molecular complexity index is 382. The maximum absolute atomic E-state index is 9.92. The molecule has 0 fully saturated rings. The quantitative estimate of drug-likeness (QED) is 0.633. The second kappa shape index (κ2) is 8.02. The van der Waals surface area contributed by atoms with Crippen molar-refractivity contribution in [2.45, 2.75) is 32.7 Å². The highest BCUT2D eigenvalue weighted by Crippen LogP contribution is 2.28. The molecule has 0 radical (unpaired) electrons. The molecule has 0 aromatic heterocycles. The van der Waals surface area contributed by atoms with Crippen molar-refractivity contribution in [1.29, 1.82) is 0 Å². The average Bonchev–Trinajstić information content (AvgIpc) is 2.42. The highest BCUT2D eigenvalue weighted by molar-refractivity contribution is 5.41. The SMILES string of the molecule is COc1ccc(C(C)NCCCC(C)CO)c(O)c1. The standard InChI is InChI=1S/C15H25NO3/c1-11(10-17)5-4-8-16-12(2)14-7-6-13(19-3)9-15(14)18/h6-7,9,11-12,16-18H,4-5,8,10H2,1-3H3. The van der Waals surface area contributed by atoms with E-state index in [0.717, 1.165) is 24.9 Å². The number of nitrogens with one attached hydrogen (secondary N) is 1. The van der Waals surface area contributed by atoms with Crippen LogP contribution < -0.4 is 10.1 Å². The molecule has 0 spiro atoms. The minimum absolute atomic E-state index is 0.0929. The molecule has 1 aromatic rings. The predicted molar refractivity (Wildman–Crippen MR) is 76.6 cm³/mol. The molecule has 19 heavy (non-hydrogen) atoms. The van der Waals surface area contributed by atoms with Crippen molar-refractivity contribution < 1.29 is 14.9 Å². The number of hydrogen-bond acceptors (Lipinski definition) is 4. The lowest BCUT2D eigenvalue weighted by molar-refractivity contribution is 0.227. The van der Waals surface area contributed by atoms with Crippen LogP contribution in [0.2, 0.25) is 0 Å². The first-order valence-electron chi connectivity index (χ1n) is 6.79. The summed E-state index contributed by atoms with van der Waals surface area (Å²) in [6, 6.07) is 5.44. The summed E-state index contributed by atoms with van der Waals surface area (Å²) in [4.78, 5) is 0. The fourth-order valence-corrected chi connectivity index (χ4v) is 1.99. The molecule has 2 atom stereocenters. The van der Waals surface area contributed by atoms with E-state index in [-0.39, 0.29) is 18.4 Å². The van der Waals surface area contributed by atoms with Gasteiger partial charge in [-0.3, -0.25) is 0 Å². The second-order valence-electron chi connectivity index (χ2n) is 5.03. The van der Waals surface area contributed by atoms with Gasteiger partial charge in [0.1, 0.15) is 11.5 Å². The van der Waals surface area contributed by atoms with E-state index in [1.807, 2.05) is 26.0 Å². The molecule has 0 saturated carbocycles. The number of methoxy groups -OCH3 is 1. The second-order valence-corrected chi connectivity index (χ2v) is 5.03. The average molecular weight is 267 g/mol. The Morgan fingerprint density at radius 3 is 2.63 bits per heavy atom. The molecule has 0 saturated heterocycles. The van der Waals surface area contributed by atoms with Crippen LogP contribution in [0.5, 0.6) is 11.5 Å². The van der Waals surface area contributed by atoms with Crippen LogP contribution in [-0.2, 0) is 0 Å². The van der Waals surface area contributed by atoms with Crippen LogP contribution >= 0.6 is 0 Å². The number of hydrogen-bond donors (Lipinski definition) is 3. The van der Waals surface area contributed by atoms with Crippen molar-refractivity contribution in [2.24, 2.45) is 5.92 Å². The number of phenolic OH excluding ortho intramolecular Hbond substituents is 1. The number of phenols is 1. The van der Waals surface area contributed by atoms with Gasteiger partial charge in [-0.05, 0) is 38.3 Å². The Labute approximate surface area is 115 Å². The summed E-state index contributed by atoms with van der Waals surface area (Å²) in [5, 5.41) is 22.2. The van der Waals surface area contributed by atoms with Crippen LogP contribution in [0.15, 0.2) is 18.2 Å². The lowest BCUT2D eigenvalue weighted by Crippen LogP contribution is -2.20. The van der Waals surface area contributed by atoms with E-state index in [1.165, 1.54) is 0 Å². The molecule has 4 nitrogen and oxygen atoms in total. The van der Waals surface area contributed by atoms with E-state index >= 15 is 0 Å². The van der Waals surface area contributed by atoms with Crippen LogP contribution in [0.1, 0.15) is 38.3 Å². The van der Waals surface area contributed by atoms with Gasteiger partial charge in [0.05, 0.1) is 7.11 Å². The molecule has 0 aliphatic heterocycles. The zero-order valence-corrected chi connectivity index (χ0v) is 12.0. The molecular formula is C15H25NO3. The number of benzene rings is 1. The first-order valence-corrected chi connectivity index (χ1v) is 6.79. The molecule has 0 bridgehead atoms. The molecule has 1 rings (SSSR count). The van der Waals surface area contributed by atoms with E-state index in [2.05, 4.69) is 5.32 Å². The number of rotatable bonds is 8. The largest absolute Gasteiger partial charge is 0.507 e. The molecule has 108 valence electrons. The Morgan fingerprint density at radius 1 is 1.32 bits per heavy atom. The van der Waals surface area contributed by atoms with Gasteiger partial charge in [-0.1, -0.05) is 13.0 Å². The predicted octanol–water partition coefficient (Wildman–Crippen LogP) is 2.46. The van der Waals surface area contributed by atoms with Crippen molar-refractivity contribution >= 4 is 0 Å². The van der Waals surface area contributed by atoms with Crippen molar-refractivity contribution in [3.63, 3.8) is 0 Å². The van der Waals surface area contributed by atoms with Gasteiger partial charge >= 0.3 is 0 Å². The zero-order chi connectivity index (χ0) is 14.3. The molecule has 4 heteroatoms. The molecule has 0 amide bonds. The third-order valence-corrected chi connectivity index (χ3v) is 3.34. The van der Waals surface area contributed by atoms with E-state index in [4.69, 9.17) is 9.84 Å². The van der Waals surface area contributed by atoms with Crippen LogP contribution in [0.4, 0.5) is 0 Å². The van der Waals surface area contributed by atoms with Gasteiger partial charge in [-0.2, -0.15) is 0 Å². The highest BCUT2D eigenvalue weighted by Gasteiger charge is 2.10. The summed E-state index contributed by atoms with van der Waals surface area (Å²) < 4.78 is 5.06. The smallest absolute Gasteiger partial charge is 0.124 e. The number of aromatic hydroxyl groups is 1. The van der Waals surface area contributed by atoms with Crippen molar-refractivity contribution in [3.8, 4) is 11.5 Å². The van der Waals surface area contributed by atoms with Gasteiger partial charge in [0.2, 0.25) is 0 Å². The Kier molecular flexibility index (Phi) is 6.67. The van der Waals surface area contributed by atoms with Gasteiger partial charge in [0.25, 0.3) is 0 Å². The van der Waals surface area contributed by atoms with Gasteiger partial charge in [0.15, 0.2) is 0 Å². The maximum Gasteiger partial charge on any atom is 0.124 e. The van der Waals surface area contributed by atoms with E-state index in [9.17, 15) is 5.11 Å². The van der Waals surface area contributed by atoms with Crippen molar-refractivity contribution in [1.82, 2.24) is 5.32 Å². The molecule has 1 aromatic carbocycles. The summed E-state index contributed by atoms with van der Waals surface area (Å²) in [5.74, 6) is 1.26.